The van der Waals surface area contributed by atoms with Gasteiger partial charge >= 0.3 is 6.03 Å². The number of hydrogen-bond donors (Lipinski definition) is 2. The van der Waals surface area contributed by atoms with Crippen molar-refractivity contribution in [3.8, 4) is 0 Å². The monoisotopic (exact) mass is 350 g/mol. The number of unbranched alkanes of at least 4 members (excludes halogenated alkanes) is 1. The van der Waals surface area contributed by atoms with E-state index in [2.05, 4.69) is 38.3 Å². The van der Waals surface area contributed by atoms with Gasteiger partial charge < -0.3 is 15.4 Å². The quantitative estimate of drug-likeness (QED) is 0.275. The zero-order valence-electron chi connectivity index (χ0n) is 14.7. The number of nitrogens with one attached hydrogen (secondary N) is 2. The molecule has 0 aliphatic carbocycles. The summed E-state index contributed by atoms with van der Waals surface area (Å²) >= 11 is 0. The highest BCUT2D eigenvalue weighted by atomic mass is 33.1. The molecule has 0 saturated carbocycles. The molecule has 0 saturated heterocycles. The van der Waals surface area contributed by atoms with E-state index in [1.807, 2.05) is 10.8 Å². The summed E-state index contributed by atoms with van der Waals surface area (Å²) in [5.74, 6) is 3.26. The molecule has 0 aliphatic heterocycles. The first kappa shape index (κ1) is 21.9. The van der Waals surface area contributed by atoms with Crippen LogP contribution in [0.1, 0.15) is 53.4 Å². The standard InChI is InChI=1S/C16H34N2O2S2/c1-14(2)8-7-11-21-22-13-20-10-6-5-9-17-16(19)18-12-15(3)4/h14-15H,5-13H2,1-4H3,(H2,17,18,19). The molecule has 0 aromatic rings. The van der Waals surface area contributed by atoms with Gasteiger partial charge in [-0.25, -0.2) is 4.79 Å². The van der Waals surface area contributed by atoms with Crippen LogP contribution in [-0.4, -0.2) is 37.4 Å². The predicted molar refractivity (Wildman–Crippen MR) is 100 cm³/mol. The molecule has 0 rings (SSSR count). The third kappa shape index (κ3) is 18.0. The summed E-state index contributed by atoms with van der Waals surface area (Å²) < 4.78 is 5.56. The fourth-order valence-corrected chi connectivity index (χ4v) is 3.40. The molecule has 2 N–H and O–H groups in total. The van der Waals surface area contributed by atoms with Crippen LogP contribution in [0, 0.1) is 11.8 Å². The predicted octanol–water partition coefficient (Wildman–Crippen LogP) is 4.51. The highest BCUT2D eigenvalue weighted by Gasteiger charge is 2.00. The third-order valence-electron chi connectivity index (χ3n) is 2.90. The lowest BCUT2D eigenvalue weighted by Gasteiger charge is -2.09. The van der Waals surface area contributed by atoms with E-state index in [-0.39, 0.29) is 6.03 Å². The largest absolute Gasteiger partial charge is 0.370 e. The van der Waals surface area contributed by atoms with Crippen LogP contribution in [0.2, 0.25) is 0 Å². The molecule has 4 nitrogen and oxygen atoms in total. The van der Waals surface area contributed by atoms with Gasteiger partial charge in [-0.05, 0) is 31.1 Å². The van der Waals surface area contributed by atoms with Gasteiger partial charge in [-0.15, -0.1) is 0 Å². The van der Waals surface area contributed by atoms with Gasteiger partial charge in [0.2, 0.25) is 0 Å². The van der Waals surface area contributed by atoms with Gasteiger partial charge in [0.15, 0.2) is 0 Å². The van der Waals surface area contributed by atoms with Gasteiger partial charge in [0.05, 0.1) is 0 Å². The number of carbonyl (C=O) groups excluding carboxylic acids is 1. The van der Waals surface area contributed by atoms with Crippen molar-refractivity contribution in [1.29, 1.82) is 0 Å². The molecule has 0 spiro atoms. The lowest BCUT2D eigenvalue weighted by molar-refractivity contribution is 0.178. The lowest BCUT2D eigenvalue weighted by Crippen LogP contribution is -2.37. The Balaban J connectivity index is 3.12. The molecule has 2 amide bonds. The zero-order chi connectivity index (χ0) is 16.6. The maximum absolute atomic E-state index is 11.4. The summed E-state index contributed by atoms with van der Waals surface area (Å²) in [6, 6.07) is -0.0667. The van der Waals surface area contributed by atoms with Crippen molar-refractivity contribution in [2.45, 2.75) is 53.4 Å². The molecular weight excluding hydrogens is 316 g/mol. The first-order valence-corrected chi connectivity index (χ1v) is 10.8. The molecule has 0 aromatic carbocycles. The number of urea groups is 1. The second kappa shape index (κ2) is 15.8. The zero-order valence-corrected chi connectivity index (χ0v) is 16.3. The molecule has 0 bridgehead atoms. The van der Waals surface area contributed by atoms with Gasteiger partial charge in [0.1, 0.15) is 5.94 Å². The molecule has 0 atom stereocenters. The van der Waals surface area contributed by atoms with E-state index < -0.39 is 0 Å². The van der Waals surface area contributed by atoms with Crippen molar-refractivity contribution in [2.24, 2.45) is 11.8 Å². The van der Waals surface area contributed by atoms with Crippen LogP contribution in [0.25, 0.3) is 0 Å². The fourth-order valence-electron chi connectivity index (χ4n) is 1.63. The average Bonchev–Trinajstić information content (AvgIpc) is 2.45. The van der Waals surface area contributed by atoms with E-state index in [1.165, 1.54) is 18.6 Å². The molecule has 6 heteroatoms. The SMILES string of the molecule is CC(C)CCCSSCOCCCCNC(=O)NCC(C)C. The summed E-state index contributed by atoms with van der Waals surface area (Å²) in [7, 11) is 3.70. The summed E-state index contributed by atoms with van der Waals surface area (Å²) in [5, 5.41) is 5.69. The lowest BCUT2D eigenvalue weighted by atomic mass is 10.1. The molecule has 0 unspecified atom stereocenters. The Labute approximate surface area is 144 Å². The Morgan fingerprint density at radius 2 is 1.77 bits per heavy atom. The normalized spacial score (nSPS) is 11.2. The smallest absolute Gasteiger partial charge is 0.314 e. The molecule has 0 radical (unpaired) electrons. The van der Waals surface area contributed by atoms with E-state index in [0.29, 0.717) is 12.5 Å². The molecule has 0 aromatic heterocycles. The summed E-state index contributed by atoms with van der Waals surface area (Å²) in [4.78, 5) is 11.4. The van der Waals surface area contributed by atoms with Crippen molar-refractivity contribution < 1.29 is 9.53 Å². The highest BCUT2D eigenvalue weighted by molar-refractivity contribution is 8.76. The van der Waals surface area contributed by atoms with E-state index in [0.717, 1.165) is 37.9 Å². The Kier molecular flexibility index (Phi) is 15.8. The molecule has 0 aliphatic rings. The van der Waals surface area contributed by atoms with Crippen LogP contribution < -0.4 is 10.6 Å². The summed E-state index contributed by atoms with van der Waals surface area (Å²) in [5.41, 5.74) is 0. The van der Waals surface area contributed by atoms with Crippen LogP contribution >= 0.6 is 21.6 Å². The van der Waals surface area contributed by atoms with Crippen molar-refractivity contribution in [3.05, 3.63) is 0 Å². The maximum atomic E-state index is 11.4. The minimum Gasteiger partial charge on any atom is -0.370 e. The number of amides is 2. The van der Waals surface area contributed by atoms with E-state index >= 15 is 0 Å². The Morgan fingerprint density at radius 1 is 1.00 bits per heavy atom. The Bertz CT molecular complexity index is 265. The average molecular weight is 351 g/mol. The molecule has 0 heterocycles. The van der Waals surface area contributed by atoms with Crippen LogP contribution in [-0.2, 0) is 4.74 Å². The van der Waals surface area contributed by atoms with Crippen LogP contribution in [0.3, 0.4) is 0 Å². The molecule has 22 heavy (non-hydrogen) atoms. The van der Waals surface area contributed by atoms with E-state index in [9.17, 15) is 4.79 Å². The van der Waals surface area contributed by atoms with Gasteiger partial charge in [-0.1, -0.05) is 55.7 Å². The van der Waals surface area contributed by atoms with Crippen molar-refractivity contribution >= 4 is 27.6 Å². The molecule has 132 valence electrons. The van der Waals surface area contributed by atoms with Crippen molar-refractivity contribution in [2.75, 3.05) is 31.4 Å². The Morgan fingerprint density at radius 3 is 2.45 bits per heavy atom. The topological polar surface area (TPSA) is 50.4 Å². The first-order chi connectivity index (χ1) is 10.5. The van der Waals surface area contributed by atoms with Crippen LogP contribution in [0.4, 0.5) is 4.79 Å². The van der Waals surface area contributed by atoms with Gasteiger partial charge in [0, 0.05) is 25.4 Å². The molecular formula is C16H34N2O2S2. The summed E-state index contributed by atoms with van der Waals surface area (Å²) in [6.07, 6.45) is 4.55. The van der Waals surface area contributed by atoms with Crippen molar-refractivity contribution in [3.63, 3.8) is 0 Å². The first-order valence-electron chi connectivity index (χ1n) is 8.36. The second-order valence-electron chi connectivity index (χ2n) is 6.24. The summed E-state index contributed by atoms with van der Waals surface area (Å²) in [6.45, 7) is 10.9. The van der Waals surface area contributed by atoms with Crippen LogP contribution in [0.15, 0.2) is 0 Å². The van der Waals surface area contributed by atoms with Crippen LogP contribution in [0.5, 0.6) is 0 Å². The number of rotatable bonds is 14. The number of ether oxygens (including phenoxy) is 1. The van der Waals surface area contributed by atoms with Gasteiger partial charge in [-0.2, -0.15) is 0 Å². The highest BCUT2D eigenvalue weighted by Crippen LogP contribution is 2.23. The van der Waals surface area contributed by atoms with Crippen molar-refractivity contribution in [1.82, 2.24) is 10.6 Å². The minimum absolute atomic E-state index is 0.0667. The van der Waals surface area contributed by atoms with Gasteiger partial charge in [0.25, 0.3) is 0 Å². The minimum atomic E-state index is -0.0667. The Hall–Kier alpha value is -0.0700. The maximum Gasteiger partial charge on any atom is 0.314 e. The van der Waals surface area contributed by atoms with E-state index in [1.54, 1.807) is 10.8 Å². The second-order valence-corrected chi connectivity index (χ2v) is 8.77. The third-order valence-corrected chi connectivity index (χ3v) is 5.07. The van der Waals surface area contributed by atoms with Gasteiger partial charge in [-0.3, -0.25) is 0 Å². The van der Waals surface area contributed by atoms with E-state index in [4.69, 9.17) is 4.74 Å². The molecule has 0 fully saturated rings. The fraction of sp³-hybridized carbons (Fsp3) is 0.938. The number of carbonyl (C=O) groups is 1. The number of hydrogen-bond acceptors (Lipinski definition) is 4.